The third-order valence-corrected chi connectivity index (χ3v) is 5.12. The van der Waals surface area contributed by atoms with Crippen molar-refractivity contribution in [3.63, 3.8) is 0 Å². The van der Waals surface area contributed by atoms with E-state index in [0.717, 1.165) is 10.7 Å². The van der Waals surface area contributed by atoms with Gasteiger partial charge in [0, 0.05) is 22.8 Å². The van der Waals surface area contributed by atoms with Gasteiger partial charge in [-0.1, -0.05) is 15.9 Å². The summed E-state index contributed by atoms with van der Waals surface area (Å²) < 4.78 is 25.4. The van der Waals surface area contributed by atoms with Crippen LogP contribution in [0.4, 0.5) is 11.4 Å². The summed E-state index contributed by atoms with van der Waals surface area (Å²) in [5, 5.41) is 2.80. The summed E-state index contributed by atoms with van der Waals surface area (Å²) in [6.45, 7) is 1.77. The summed E-state index contributed by atoms with van der Waals surface area (Å²) in [4.78, 5) is 12.3. The van der Waals surface area contributed by atoms with Gasteiger partial charge < -0.3 is 5.32 Å². The van der Waals surface area contributed by atoms with E-state index in [2.05, 4.69) is 21.2 Å². The van der Waals surface area contributed by atoms with Gasteiger partial charge in [-0.2, -0.15) is 0 Å². The van der Waals surface area contributed by atoms with Crippen LogP contribution in [0.15, 0.2) is 46.9 Å². The van der Waals surface area contributed by atoms with E-state index in [1.54, 1.807) is 37.3 Å². The Bertz CT molecular complexity index is 833. The van der Waals surface area contributed by atoms with Crippen LogP contribution in [0.2, 0.25) is 0 Å². The van der Waals surface area contributed by atoms with Crippen LogP contribution in [-0.2, 0) is 10.0 Å². The number of carbonyl (C=O) groups is 1. The number of nitrogens with one attached hydrogen (secondary N) is 1. The molecule has 0 saturated carbocycles. The molecule has 0 bridgehead atoms. The van der Waals surface area contributed by atoms with Crippen LogP contribution in [0.25, 0.3) is 0 Å². The number of benzene rings is 2. The lowest BCUT2D eigenvalue weighted by atomic mass is 10.1. The van der Waals surface area contributed by atoms with E-state index in [9.17, 15) is 13.2 Å². The summed E-state index contributed by atoms with van der Waals surface area (Å²) in [6.07, 6.45) is 1.14. The molecule has 0 heterocycles. The molecule has 122 valence electrons. The highest BCUT2D eigenvalue weighted by molar-refractivity contribution is 9.10. The van der Waals surface area contributed by atoms with Gasteiger partial charge in [0.25, 0.3) is 5.91 Å². The molecule has 0 fully saturated rings. The first-order chi connectivity index (χ1) is 10.7. The Labute approximate surface area is 144 Å². The van der Waals surface area contributed by atoms with Gasteiger partial charge >= 0.3 is 0 Å². The summed E-state index contributed by atoms with van der Waals surface area (Å²) in [7, 11) is -1.85. The second-order valence-electron chi connectivity index (χ2n) is 5.19. The van der Waals surface area contributed by atoms with E-state index in [0.29, 0.717) is 22.5 Å². The number of rotatable bonds is 4. The average Bonchev–Trinajstić information content (AvgIpc) is 2.48. The van der Waals surface area contributed by atoms with Crippen molar-refractivity contribution in [2.24, 2.45) is 0 Å². The van der Waals surface area contributed by atoms with Crippen molar-refractivity contribution in [2.45, 2.75) is 6.92 Å². The number of sulfonamides is 1. The van der Waals surface area contributed by atoms with Crippen LogP contribution >= 0.6 is 15.9 Å². The fraction of sp³-hybridized carbons (Fsp3) is 0.188. The molecule has 0 aliphatic rings. The lowest BCUT2D eigenvalue weighted by molar-refractivity contribution is 0.102. The van der Waals surface area contributed by atoms with Crippen molar-refractivity contribution in [1.29, 1.82) is 0 Å². The Hall–Kier alpha value is -1.86. The van der Waals surface area contributed by atoms with E-state index in [-0.39, 0.29) is 5.91 Å². The molecule has 0 unspecified atom stereocenters. The second-order valence-corrected chi connectivity index (χ2v) is 8.12. The van der Waals surface area contributed by atoms with E-state index >= 15 is 0 Å². The summed E-state index contributed by atoms with van der Waals surface area (Å²) in [6, 6.07) is 12.2. The van der Waals surface area contributed by atoms with Crippen molar-refractivity contribution in [2.75, 3.05) is 22.9 Å². The molecule has 1 N–H and O–H groups in total. The van der Waals surface area contributed by atoms with Crippen molar-refractivity contribution in [3.8, 4) is 0 Å². The molecule has 0 aromatic heterocycles. The van der Waals surface area contributed by atoms with Crippen molar-refractivity contribution in [1.82, 2.24) is 0 Å². The lowest BCUT2D eigenvalue weighted by Crippen LogP contribution is -2.25. The van der Waals surface area contributed by atoms with E-state index in [1.165, 1.54) is 11.4 Å². The number of carbonyl (C=O) groups excluding carboxylic acids is 1. The highest BCUT2D eigenvalue weighted by Crippen LogP contribution is 2.23. The van der Waals surface area contributed by atoms with E-state index < -0.39 is 10.0 Å². The topological polar surface area (TPSA) is 66.5 Å². The number of hydrogen-bond donors (Lipinski definition) is 1. The first-order valence-corrected chi connectivity index (χ1v) is 9.44. The summed E-state index contributed by atoms with van der Waals surface area (Å²) in [5.74, 6) is -0.246. The average molecular weight is 397 g/mol. The van der Waals surface area contributed by atoms with Gasteiger partial charge in [0.1, 0.15) is 0 Å². The van der Waals surface area contributed by atoms with E-state index in [4.69, 9.17) is 0 Å². The predicted octanol–water partition coefficient (Wildman–Crippen LogP) is 3.41. The van der Waals surface area contributed by atoms with Crippen molar-refractivity contribution >= 4 is 43.2 Å². The molecular weight excluding hydrogens is 380 g/mol. The predicted molar refractivity (Wildman–Crippen MR) is 96.5 cm³/mol. The normalized spacial score (nSPS) is 11.1. The van der Waals surface area contributed by atoms with E-state index in [1.807, 2.05) is 12.1 Å². The number of nitrogens with zero attached hydrogens (tertiary/aromatic N) is 1. The maximum absolute atomic E-state index is 12.3. The Morgan fingerprint density at radius 2 is 1.74 bits per heavy atom. The minimum Gasteiger partial charge on any atom is -0.322 e. The maximum Gasteiger partial charge on any atom is 0.255 e. The monoisotopic (exact) mass is 396 g/mol. The number of hydrogen-bond acceptors (Lipinski definition) is 3. The SMILES string of the molecule is Cc1cc(C(=O)Nc2ccc(Br)cc2)ccc1N(C)S(C)(=O)=O. The molecule has 2 aromatic carbocycles. The van der Waals surface area contributed by atoms with Crippen LogP contribution in [0.3, 0.4) is 0 Å². The largest absolute Gasteiger partial charge is 0.322 e. The molecule has 0 aliphatic carbocycles. The molecule has 0 spiro atoms. The minimum absolute atomic E-state index is 0.246. The van der Waals surface area contributed by atoms with Gasteiger partial charge in [0.05, 0.1) is 11.9 Å². The Morgan fingerprint density at radius 3 is 2.26 bits per heavy atom. The minimum atomic E-state index is -3.34. The third kappa shape index (κ3) is 4.33. The van der Waals surface area contributed by atoms with Gasteiger partial charge in [-0.3, -0.25) is 9.10 Å². The first kappa shape index (κ1) is 17.5. The zero-order valence-corrected chi connectivity index (χ0v) is 15.4. The van der Waals surface area contributed by atoms with Gasteiger partial charge in [0.2, 0.25) is 10.0 Å². The molecule has 0 saturated heterocycles. The Kier molecular flexibility index (Phi) is 5.11. The van der Waals surface area contributed by atoms with Crippen molar-refractivity contribution < 1.29 is 13.2 Å². The van der Waals surface area contributed by atoms with Crippen molar-refractivity contribution in [3.05, 3.63) is 58.1 Å². The Morgan fingerprint density at radius 1 is 1.13 bits per heavy atom. The summed E-state index contributed by atoms with van der Waals surface area (Å²) in [5.41, 5.74) is 2.42. The number of halogens is 1. The fourth-order valence-electron chi connectivity index (χ4n) is 2.07. The maximum atomic E-state index is 12.3. The second kappa shape index (κ2) is 6.72. The Balaban J connectivity index is 2.22. The number of anilines is 2. The molecule has 7 heteroatoms. The fourth-order valence-corrected chi connectivity index (χ4v) is 2.89. The molecule has 0 aliphatic heterocycles. The number of amides is 1. The van der Waals surface area contributed by atoms with Gasteiger partial charge in [-0.05, 0) is 55.0 Å². The molecule has 0 atom stereocenters. The molecule has 0 radical (unpaired) electrons. The summed E-state index contributed by atoms with van der Waals surface area (Å²) >= 11 is 3.34. The molecule has 1 amide bonds. The van der Waals surface area contributed by atoms with Crippen LogP contribution in [0.1, 0.15) is 15.9 Å². The quantitative estimate of drug-likeness (QED) is 0.860. The van der Waals surface area contributed by atoms with Crippen LogP contribution in [0.5, 0.6) is 0 Å². The lowest BCUT2D eigenvalue weighted by Gasteiger charge is -2.19. The van der Waals surface area contributed by atoms with Crippen LogP contribution in [-0.4, -0.2) is 27.6 Å². The van der Waals surface area contributed by atoms with Gasteiger partial charge in [0.15, 0.2) is 0 Å². The van der Waals surface area contributed by atoms with Crippen LogP contribution < -0.4 is 9.62 Å². The highest BCUT2D eigenvalue weighted by Gasteiger charge is 2.16. The molecule has 2 aromatic rings. The third-order valence-electron chi connectivity index (χ3n) is 3.40. The molecule has 5 nitrogen and oxygen atoms in total. The van der Waals surface area contributed by atoms with Gasteiger partial charge in [-0.25, -0.2) is 8.42 Å². The zero-order valence-electron chi connectivity index (χ0n) is 13.0. The molecule has 23 heavy (non-hydrogen) atoms. The first-order valence-electron chi connectivity index (χ1n) is 6.80. The standard InChI is InChI=1S/C16H17BrN2O3S/c1-11-10-12(4-9-15(11)19(2)23(3,21)22)16(20)18-14-7-5-13(17)6-8-14/h4-10H,1-3H3,(H,18,20). The molecule has 2 rings (SSSR count). The number of aryl methyl sites for hydroxylation is 1. The highest BCUT2D eigenvalue weighted by atomic mass is 79.9. The zero-order chi connectivity index (χ0) is 17.2. The van der Waals surface area contributed by atoms with Crippen LogP contribution in [0, 0.1) is 6.92 Å². The van der Waals surface area contributed by atoms with Gasteiger partial charge in [-0.15, -0.1) is 0 Å². The smallest absolute Gasteiger partial charge is 0.255 e. The molecular formula is C16H17BrN2O3S.